The van der Waals surface area contributed by atoms with Crippen molar-refractivity contribution in [3.63, 3.8) is 0 Å². The van der Waals surface area contributed by atoms with E-state index in [-0.39, 0.29) is 27.9 Å². The molecule has 0 radical (unpaired) electrons. The molecule has 2 aromatic heterocycles. The number of carbonyl (C=O) groups is 2. The first-order valence-electron chi connectivity index (χ1n) is 19.7. The van der Waals surface area contributed by atoms with Crippen LogP contribution in [0, 0.1) is 0 Å². The minimum Gasteiger partial charge on any atom is -0.493 e. The van der Waals surface area contributed by atoms with Gasteiger partial charge in [-0.2, -0.15) is 26.3 Å². The van der Waals surface area contributed by atoms with E-state index < -0.39 is 29.7 Å². The maximum Gasteiger partial charge on any atom is 0.437 e. The lowest BCUT2D eigenvalue weighted by Crippen LogP contribution is -2.09. The van der Waals surface area contributed by atoms with Crippen molar-refractivity contribution in [2.45, 2.75) is 64.7 Å². The number of nitrogens with one attached hydrogen (secondary N) is 1. The fraction of sp³-hybridized carbons (Fsp3) is 0.364. The summed E-state index contributed by atoms with van der Waals surface area (Å²) in [5, 5.41) is 10.4. The molecule has 3 N–H and O–H groups in total. The maximum atomic E-state index is 13.1. The molecule has 6 rings (SSSR count). The summed E-state index contributed by atoms with van der Waals surface area (Å²) < 4.78 is 108. The smallest absolute Gasteiger partial charge is 0.437 e. The van der Waals surface area contributed by atoms with E-state index in [2.05, 4.69) is 41.0 Å². The SMILES string of the molecule is CCCc1c(OCCCBr)ccc2c(C(F)(F)F)noc12.CCCc1c(OCCCNc2ccc(C(=O)OC)cc2)ccc2c(C(F)(F)F)noc12.COC(=O)c1ccc(N)cc1. The van der Waals surface area contributed by atoms with Crippen molar-refractivity contribution in [1.29, 1.82) is 0 Å². The molecule has 340 valence electrons. The van der Waals surface area contributed by atoms with Crippen molar-refractivity contribution in [3.05, 3.63) is 106 Å². The van der Waals surface area contributed by atoms with E-state index in [4.69, 9.17) is 24.3 Å². The second-order valence-electron chi connectivity index (χ2n) is 13.6. The zero-order chi connectivity index (χ0) is 46.2. The molecule has 0 fully saturated rings. The summed E-state index contributed by atoms with van der Waals surface area (Å²) in [7, 11) is 2.68. The fourth-order valence-electron chi connectivity index (χ4n) is 6.04. The number of aromatic nitrogens is 2. The molecular formula is C44H47BrF6N4O8. The van der Waals surface area contributed by atoms with Crippen LogP contribution in [0.15, 0.2) is 81.8 Å². The lowest BCUT2D eigenvalue weighted by atomic mass is 10.0. The molecule has 19 heteroatoms. The summed E-state index contributed by atoms with van der Waals surface area (Å²) in [5.41, 5.74) is 7.41. The summed E-state index contributed by atoms with van der Waals surface area (Å²) in [4.78, 5) is 22.3. The minimum atomic E-state index is -4.57. The van der Waals surface area contributed by atoms with E-state index in [1.54, 1.807) is 60.7 Å². The number of hydrogen-bond donors (Lipinski definition) is 2. The number of aryl methyl sites for hydroxylation is 2. The highest BCUT2D eigenvalue weighted by Gasteiger charge is 2.38. The molecule has 0 aliphatic rings. The van der Waals surface area contributed by atoms with Gasteiger partial charge in [0.25, 0.3) is 0 Å². The maximum absolute atomic E-state index is 13.1. The van der Waals surface area contributed by atoms with Crippen molar-refractivity contribution in [3.8, 4) is 11.5 Å². The Morgan fingerprint density at radius 2 is 1.10 bits per heavy atom. The lowest BCUT2D eigenvalue weighted by Gasteiger charge is -2.12. The van der Waals surface area contributed by atoms with Crippen LogP contribution in [0.2, 0.25) is 0 Å². The van der Waals surface area contributed by atoms with Crippen LogP contribution in [0.5, 0.6) is 11.5 Å². The molecule has 2 heterocycles. The topological polar surface area (TPSA) is 161 Å². The van der Waals surface area contributed by atoms with Crippen LogP contribution in [0.1, 0.15) is 82.8 Å². The highest BCUT2D eigenvalue weighted by Crippen LogP contribution is 2.39. The number of carbonyl (C=O) groups excluding carboxylic acids is 2. The molecule has 0 spiro atoms. The van der Waals surface area contributed by atoms with Gasteiger partial charge in [0.15, 0.2) is 22.6 Å². The number of alkyl halides is 7. The highest BCUT2D eigenvalue weighted by atomic mass is 79.9. The van der Waals surface area contributed by atoms with Gasteiger partial charge in [0.05, 0.1) is 49.3 Å². The van der Waals surface area contributed by atoms with Crippen molar-refractivity contribution >= 4 is 61.2 Å². The molecule has 0 unspecified atom stereocenters. The Labute approximate surface area is 367 Å². The third-order valence-electron chi connectivity index (χ3n) is 9.02. The van der Waals surface area contributed by atoms with Crippen LogP contribution in [-0.2, 0) is 34.7 Å². The number of nitrogen functional groups attached to an aromatic ring is 1. The minimum absolute atomic E-state index is 0.0150. The number of rotatable bonds is 16. The van der Waals surface area contributed by atoms with Crippen LogP contribution in [0.3, 0.4) is 0 Å². The Hall–Kier alpha value is -5.98. The Balaban J connectivity index is 0.000000233. The van der Waals surface area contributed by atoms with Crippen LogP contribution in [-0.4, -0.2) is 61.6 Å². The fourth-order valence-corrected chi connectivity index (χ4v) is 6.27. The second kappa shape index (κ2) is 23.5. The monoisotopic (exact) mass is 952 g/mol. The van der Waals surface area contributed by atoms with Crippen LogP contribution >= 0.6 is 15.9 Å². The van der Waals surface area contributed by atoms with Crippen molar-refractivity contribution in [2.75, 3.05) is 50.4 Å². The van der Waals surface area contributed by atoms with Gasteiger partial charge in [0, 0.05) is 34.4 Å². The van der Waals surface area contributed by atoms with Gasteiger partial charge in [-0.05, 0) is 98.5 Å². The third kappa shape index (κ3) is 13.8. The average Bonchev–Trinajstić information content (AvgIpc) is 3.92. The number of fused-ring (bicyclic) bond motifs is 2. The summed E-state index contributed by atoms with van der Waals surface area (Å²) >= 11 is 3.30. The molecule has 0 saturated heterocycles. The molecule has 0 aliphatic heterocycles. The number of anilines is 2. The molecule has 0 saturated carbocycles. The molecular weight excluding hydrogens is 906 g/mol. The number of esters is 2. The number of benzene rings is 4. The lowest BCUT2D eigenvalue weighted by molar-refractivity contribution is -0.142. The first-order chi connectivity index (χ1) is 30.1. The Bertz CT molecular complexity index is 2380. The van der Waals surface area contributed by atoms with Gasteiger partial charge >= 0.3 is 24.3 Å². The van der Waals surface area contributed by atoms with Crippen LogP contribution in [0.4, 0.5) is 37.7 Å². The van der Waals surface area contributed by atoms with Gasteiger partial charge in [-0.3, -0.25) is 0 Å². The number of nitrogens with zero attached hydrogens (tertiary/aromatic N) is 2. The number of halogens is 7. The molecule has 4 aromatic carbocycles. The highest BCUT2D eigenvalue weighted by molar-refractivity contribution is 9.09. The van der Waals surface area contributed by atoms with Gasteiger partial charge in [0.1, 0.15) is 11.5 Å². The first kappa shape index (κ1) is 49.7. The molecule has 0 bridgehead atoms. The summed E-state index contributed by atoms with van der Waals surface area (Å²) in [6, 6.07) is 19.3. The van der Waals surface area contributed by atoms with Crippen LogP contribution in [0.25, 0.3) is 21.9 Å². The Kier molecular flexibility index (Phi) is 18.5. The largest absolute Gasteiger partial charge is 0.493 e. The predicted molar refractivity (Wildman–Crippen MR) is 228 cm³/mol. The molecule has 12 nitrogen and oxygen atoms in total. The van der Waals surface area contributed by atoms with Gasteiger partial charge in [-0.25, -0.2) is 9.59 Å². The van der Waals surface area contributed by atoms with E-state index in [1.807, 2.05) is 13.8 Å². The van der Waals surface area contributed by atoms with Crippen molar-refractivity contribution in [2.24, 2.45) is 0 Å². The first-order valence-corrected chi connectivity index (χ1v) is 20.8. The molecule has 0 aliphatic carbocycles. The van der Waals surface area contributed by atoms with E-state index in [0.29, 0.717) is 78.5 Å². The average molecular weight is 954 g/mol. The van der Waals surface area contributed by atoms with E-state index in [1.165, 1.54) is 26.4 Å². The van der Waals surface area contributed by atoms with Crippen molar-refractivity contribution in [1.82, 2.24) is 10.3 Å². The molecule has 0 atom stereocenters. The third-order valence-corrected chi connectivity index (χ3v) is 9.58. The molecule has 63 heavy (non-hydrogen) atoms. The predicted octanol–water partition coefficient (Wildman–Crippen LogP) is 11.5. The number of hydrogen-bond acceptors (Lipinski definition) is 12. The van der Waals surface area contributed by atoms with E-state index >= 15 is 0 Å². The van der Waals surface area contributed by atoms with Gasteiger partial charge < -0.3 is 39.0 Å². The summed E-state index contributed by atoms with van der Waals surface area (Å²) in [6.45, 7) is 5.36. The number of nitrogens with two attached hydrogens (primary N) is 1. The summed E-state index contributed by atoms with van der Waals surface area (Å²) in [6.07, 6.45) is -5.03. The molecule has 6 aromatic rings. The van der Waals surface area contributed by atoms with Crippen LogP contribution < -0.4 is 20.5 Å². The van der Waals surface area contributed by atoms with Gasteiger partial charge in [-0.15, -0.1) is 0 Å². The zero-order valence-corrected chi connectivity index (χ0v) is 36.5. The van der Waals surface area contributed by atoms with Gasteiger partial charge in [0.2, 0.25) is 0 Å². The molecule has 0 amide bonds. The zero-order valence-electron chi connectivity index (χ0n) is 34.9. The normalized spacial score (nSPS) is 11.3. The standard InChI is InChI=1S/C22H23F3N2O4.C14H15BrF3NO2.C8H9NO2/c1-3-5-16-18(11-10-17-19(16)31-27-20(17)22(23,24)25)30-13-4-12-26-15-8-6-14(7-9-15)21(28)29-2;1-2-4-9-11(20-8-3-7-15)6-5-10-12(9)21-19-13(10)14(16,17)18;1-11-8(10)6-2-4-7(9)5-3-6/h6-11,26H,3-5,12-13H2,1-2H3;5-6H,2-4,7-8H2,1H3;2-5H,9H2,1H3. The number of methoxy groups -OCH3 is 2. The van der Waals surface area contributed by atoms with E-state index in [9.17, 15) is 35.9 Å². The van der Waals surface area contributed by atoms with Gasteiger partial charge in [-0.1, -0.05) is 52.9 Å². The van der Waals surface area contributed by atoms with Crippen molar-refractivity contribution < 1.29 is 63.9 Å². The quantitative estimate of drug-likeness (QED) is 0.0311. The Morgan fingerprint density at radius 1 is 0.667 bits per heavy atom. The summed E-state index contributed by atoms with van der Waals surface area (Å²) in [5.74, 6) is 0.329. The second-order valence-corrected chi connectivity index (χ2v) is 14.4. The Morgan fingerprint density at radius 3 is 1.49 bits per heavy atom. The number of ether oxygens (including phenoxy) is 4. The van der Waals surface area contributed by atoms with E-state index in [0.717, 1.165) is 30.3 Å².